The molecule has 1 heterocycles. The number of nitrogens with zero attached hydrogens (tertiary/aromatic N) is 1. The Kier molecular flexibility index (Phi) is 3.33. The van der Waals surface area contributed by atoms with E-state index in [0.717, 1.165) is 62.4 Å². The lowest BCUT2D eigenvalue weighted by atomic mass is 9.54. The second-order valence-electron chi connectivity index (χ2n) is 7.49. The van der Waals surface area contributed by atoms with E-state index in [-0.39, 0.29) is 0 Å². The van der Waals surface area contributed by atoms with Crippen molar-refractivity contribution in [1.82, 2.24) is 4.90 Å². The van der Waals surface area contributed by atoms with Crippen molar-refractivity contribution in [2.45, 2.75) is 50.7 Å². The van der Waals surface area contributed by atoms with E-state index in [1.54, 1.807) is 6.42 Å². The standard InChI is InChI=1S/C16H28N2O/c17-2-1-15-10-18(3-4-19-15)16-13-6-11-5-12(8-13)9-14(16)7-11/h11-16H,1-10,17H2. The third-order valence-corrected chi connectivity index (χ3v) is 6.26. The minimum Gasteiger partial charge on any atom is -0.376 e. The Morgan fingerprint density at radius 1 is 1.00 bits per heavy atom. The molecule has 1 saturated heterocycles. The first kappa shape index (κ1) is 12.6. The molecule has 1 unspecified atom stereocenters. The molecule has 4 aliphatic carbocycles. The summed E-state index contributed by atoms with van der Waals surface area (Å²) in [6, 6.07) is 0.886. The van der Waals surface area contributed by atoms with E-state index in [0.29, 0.717) is 6.10 Å². The Morgan fingerprint density at radius 3 is 2.32 bits per heavy atom. The fraction of sp³-hybridized carbons (Fsp3) is 1.00. The molecule has 0 radical (unpaired) electrons. The Labute approximate surface area is 116 Å². The van der Waals surface area contributed by atoms with Crippen LogP contribution in [0.15, 0.2) is 0 Å². The molecule has 19 heavy (non-hydrogen) atoms. The fourth-order valence-corrected chi connectivity index (χ4v) is 5.87. The third-order valence-electron chi connectivity index (χ3n) is 6.26. The van der Waals surface area contributed by atoms with Crippen LogP contribution in [0.3, 0.4) is 0 Å². The molecule has 4 bridgehead atoms. The number of hydrogen-bond donors (Lipinski definition) is 1. The molecule has 108 valence electrons. The maximum absolute atomic E-state index is 5.87. The summed E-state index contributed by atoms with van der Waals surface area (Å²) in [4.78, 5) is 2.79. The van der Waals surface area contributed by atoms with E-state index in [9.17, 15) is 0 Å². The average Bonchev–Trinajstić information content (AvgIpc) is 2.38. The fourth-order valence-electron chi connectivity index (χ4n) is 5.87. The van der Waals surface area contributed by atoms with Crippen LogP contribution in [0.2, 0.25) is 0 Å². The summed E-state index contributed by atoms with van der Waals surface area (Å²) in [5.41, 5.74) is 5.70. The molecule has 0 spiro atoms. The van der Waals surface area contributed by atoms with Crippen molar-refractivity contribution in [2.75, 3.05) is 26.2 Å². The predicted molar refractivity (Wildman–Crippen MR) is 75.8 cm³/mol. The van der Waals surface area contributed by atoms with Crippen LogP contribution >= 0.6 is 0 Å². The normalized spacial score (nSPS) is 49.7. The highest BCUT2D eigenvalue weighted by Crippen LogP contribution is 2.55. The molecule has 3 heteroatoms. The van der Waals surface area contributed by atoms with Gasteiger partial charge in [0.1, 0.15) is 0 Å². The van der Waals surface area contributed by atoms with Gasteiger partial charge in [-0.1, -0.05) is 0 Å². The Hall–Kier alpha value is -0.120. The van der Waals surface area contributed by atoms with Gasteiger partial charge in [0.15, 0.2) is 0 Å². The molecular formula is C16H28N2O. The summed E-state index contributed by atoms with van der Waals surface area (Å²) >= 11 is 0. The molecule has 1 aliphatic heterocycles. The highest BCUT2D eigenvalue weighted by Gasteiger charge is 2.50. The first-order valence-corrected chi connectivity index (χ1v) is 8.39. The van der Waals surface area contributed by atoms with Crippen molar-refractivity contribution in [3.8, 4) is 0 Å². The maximum atomic E-state index is 5.87. The lowest BCUT2D eigenvalue weighted by molar-refractivity contribution is -0.112. The van der Waals surface area contributed by atoms with E-state index in [4.69, 9.17) is 10.5 Å². The predicted octanol–water partition coefficient (Wildman–Crippen LogP) is 1.86. The molecule has 1 atom stereocenters. The smallest absolute Gasteiger partial charge is 0.0714 e. The minimum atomic E-state index is 0.399. The highest BCUT2D eigenvalue weighted by atomic mass is 16.5. The number of ether oxygens (including phenoxy) is 1. The average molecular weight is 264 g/mol. The van der Waals surface area contributed by atoms with Crippen molar-refractivity contribution in [3.63, 3.8) is 0 Å². The zero-order valence-corrected chi connectivity index (χ0v) is 12.0. The van der Waals surface area contributed by atoms with Crippen molar-refractivity contribution in [2.24, 2.45) is 29.4 Å². The van der Waals surface area contributed by atoms with E-state index < -0.39 is 0 Å². The van der Waals surface area contributed by atoms with Crippen LogP contribution in [-0.2, 0) is 4.74 Å². The van der Waals surface area contributed by atoms with Crippen LogP contribution in [0.5, 0.6) is 0 Å². The summed E-state index contributed by atoms with van der Waals surface area (Å²) in [7, 11) is 0. The topological polar surface area (TPSA) is 38.5 Å². The summed E-state index contributed by atoms with van der Waals surface area (Å²) in [6.07, 6.45) is 9.08. The van der Waals surface area contributed by atoms with Crippen LogP contribution < -0.4 is 5.73 Å². The summed E-state index contributed by atoms with van der Waals surface area (Å²) in [5.74, 6) is 4.18. The molecule has 5 rings (SSSR count). The van der Waals surface area contributed by atoms with Gasteiger partial charge in [-0.25, -0.2) is 0 Å². The number of hydrogen-bond acceptors (Lipinski definition) is 3. The molecule has 2 N–H and O–H groups in total. The SMILES string of the molecule is NCCC1CN(C2C3CC4CC(C3)CC2C4)CCO1. The Balaban J connectivity index is 1.46. The van der Waals surface area contributed by atoms with Gasteiger partial charge in [-0.3, -0.25) is 4.90 Å². The molecule has 4 saturated carbocycles. The van der Waals surface area contributed by atoms with Crippen molar-refractivity contribution >= 4 is 0 Å². The molecule has 3 nitrogen and oxygen atoms in total. The zero-order valence-electron chi connectivity index (χ0n) is 12.0. The first-order valence-electron chi connectivity index (χ1n) is 8.39. The van der Waals surface area contributed by atoms with Gasteiger partial charge in [0.25, 0.3) is 0 Å². The molecular weight excluding hydrogens is 236 g/mol. The summed E-state index contributed by atoms with van der Waals surface area (Å²) < 4.78 is 5.87. The molecule has 5 fully saturated rings. The van der Waals surface area contributed by atoms with Gasteiger partial charge in [-0.15, -0.1) is 0 Å². The van der Waals surface area contributed by atoms with Crippen LogP contribution in [0.25, 0.3) is 0 Å². The second-order valence-corrected chi connectivity index (χ2v) is 7.49. The van der Waals surface area contributed by atoms with Crippen molar-refractivity contribution < 1.29 is 4.74 Å². The summed E-state index contributed by atoms with van der Waals surface area (Å²) in [6.45, 7) is 3.99. The van der Waals surface area contributed by atoms with Crippen LogP contribution in [-0.4, -0.2) is 43.3 Å². The van der Waals surface area contributed by atoms with Gasteiger partial charge in [-0.05, 0) is 68.7 Å². The highest BCUT2D eigenvalue weighted by molar-refractivity contribution is 5.02. The van der Waals surface area contributed by atoms with Gasteiger partial charge < -0.3 is 10.5 Å². The van der Waals surface area contributed by atoms with Gasteiger partial charge >= 0.3 is 0 Å². The Bertz CT molecular complexity index is 303. The van der Waals surface area contributed by atoms with Gasteiger partial charge in [0, 0.05) is 19.1 Å². The number of morpholine rings is 1. The van der Waals surface area contributed by atoms with Crippen LogP contribution in [0, 0.1) is 23.7 Å². The molecule has 0 amide bonds. The lowest BCUT2D eigenvalue weighted by Crippen LogP contribution is -2.59. The monoisotopic (exact) mass is 264 g/mol. The van der Waals surface area contributed by atoms with Crippen molar-refractivity contribution in [3.05, 3.63) is 0 Å². The van der Waals surface area contributed by atoms with E-state index >= 15 is 0 Å². The van der Waals surface area contributed by atoms with E-state index in [1.165, 1.54) is 25.7 Å². The largest absolute Gasteiger partial charge is 0.376 e. The van der Waals surface area contributed by atoms with Crippen molar-refractivity contribution in [1.29, 1.82) is 0 Å². The van der Waals surface area contributed by atoms with Gasteiger partial charge in [-0.2, -0.15) is 0 Å². The third kappa shape index (κ3) is 2.24. The number of rotatable bonds is 3. The molecule has 0 aromatic rings. The first-order chi connectivity index (χ1) is 9.33. The molecule has 0 aromatic carbocycles. The van der Waals surface area contributed by atoms with Gasteiger partial charge in [0.2, 0.25) is 0 Å². The zero-order chi connectivity index (χ0) is 12.8. The number of nitrogens with two attached hydrogens (primary N) is 1. The summed E-state index contributed by atoms with van der Waals surface area (Å²) in [5, 5.41) is 0. The van der Waals surface area contributed by atoms with Crippen LogP contribution in [0.1, 0.15) is 38.5 Å². The second kappa shape index (κ2) is 5.01. The van der Waals surface area contributed by atoms with E-state index in [2.05, 4.69) is 4.90 Å². The maximum Gasteiger partial charge on any atom is 0.0714 e. The lowest BCUT2D eigenvalue weighted by Gasteiger charge is -2.58. The van der Waals surface area contributed by atoms with E-state index in [1.807, 2.05) is 0 Å². The minimum absolute atomic E-state index is 0.399. The van der Waals surface area contributed by atoms with Crippen LogP contribution in [0.4, 0.5) is 0 Å². The Morgan fingerprint density at radius 2 is 1.68 bits per heavy atom. The quantitative estimate of drug-likeness (QED) is 0.845. The molecule has 5 aliphatic rings. The molecule has 0 aromatic heterocycles. The van der Waals surface area contributed by atoms with Gasteiger partial charge in [0.05, 0.1) is 12.7 Å².